The lowest BCUT2D eigenvalue weighted by Crippen LogP contribution is -2.53. The summed E-state index contributed by atoms with van der Waals surface area (Å²) in [6, 6.07) is 7.22. The van der Waals surface area contributed by atoms with E-state index in [9.17, 15) is 14.4 Å². The smallest absolute Gasteiger partial charge is 0.305 e. The number of ketones is 1. The van der Waals surface area contributed by atoms with E-state index in [2.05, 4.69) is 5.32 Å². The molecule has 0 spiro atoms. The van der Waals surface area contributed by atoms with Gasteiger partial charge in [-0.05, 0) is 19.8 Å². The van der Waals surface area contributed by atoms with Crippen LogP contribution in [0, 0.1) is 6.92 Å². The monoisotopic (exact) mass is 333 g/mol. The number of nitrogens with one attached hydrogen (secondary N) is 1. The Hall–Kier alpha value is -2.21. The van der Waals surface area contributed by atoms with Gasteiger partial charge in [-0.2, -0.15) is 0 Å². The molecule has 130 valence electrons. The normalized spacial score (nSPS) is 16.4. The van der Waals surface area contributed by atoms with Crippen molar-refractivity contribution in [2.45, 2.75) is 44.6 Å². The molecule has 0 bridgehead atoms. The molecule has 0 unspecified atom stereocenters. The fraction of sp³-hybridized carbons (Fsp3) is 0.500. The van der Waals surface area contributed by atoms with Crippen molar-refractivity contribution in [2.24, 2.45) is 0 Å². The van der Waals surface area contributed by atoms with Gasteiger partial charge in [-0.25, -0.2) is 0 Å². The molecule has 1 aromatic rings. The summed E-state index contributed by atoms with van der Waals surface area (Å²) in [4.78, 5) is 35.4. The predicted octanol–water partition coefficient (Wildman–Crippen LogP) is 2.10. The van der Waals surface area contributed by atoms with E-state index in [1.165, 1.54) is 0 Å². The Morgan fingerprint density at radius 3 is 2.33 bits per heavy atom. The zero-order valence-electron chi connectivity index (χ0n) is 13.8. The average Bonchev–Trinajstić information content (AvgIpc) is 2.53. The van der Waals surface area contributed by atoms with Crippen LogP contribution in [0.3, 0.4) is 0 Å². The molecule has 0 radical (unpaired) electrons. The molecule has 2 rings (SSSR count). The molecule has 6 nitrogen and oxygen atoms in total. The van der Waals surface area contributed by atoms with Gasteiger partial charge in [0.1, 0.15) is 0 Å². The van der Waals surface area contributed by atoms with E-state index in [1.54, 1.807) is 12.1 Å². The lowest BCUT2D eigenvalue weighted by molar-refractivity contribution is -0.140. The Bertz CT molecular complexity index is 602. The zero-order chi connectivity index (χ0) is 17.6. The van der Waals surface area contributed by atoms with E-state index in [-0.39, 0.29) is 31.0 Å². The number of carbonyl (C=O) groups excluding carboxylic acids is 2. The van der Waals surface area contributed by atoms with Gasteiger partial charge in [-0.1, -0.05) is 29.8 Å². The van der Waals surface area contributed by atoms with Gasteiger partial charge in [0.25, 0.3) is 0 Å². The van der Waals surface area contributed by atoms with Crippen molar-refractivity contribution in [2.75, 3.05) is 13.2 Å². The minimum absolute atomic E-state index is 0.0505. The van der Waals surface area contributed by atoms with Crippen molar-refractivity contribution in [3.8, 4) is 0 Å². The van der Waals surface area contributed by atoms with Crippen LogP contribution in [0.25, 0.3) is 0 Å². The lowest BCUT2D eigenvalue weighted by Gasteiger charge is -2.36. The van der Waals surface area contributed by atoms with Crippen LogP contribution < -0.4 is 5.32 Å². The van der Waals surface area contributed by atoms with Crippen molar-refractivity contribution >= 4 is 17.7 Å². The Morgan fingerprint density at radius 2 is 1.75 bits per heavy atom. The van der Waals surface area contributed by atoms with E-state index in [4.69, 9.17) is 9.84 Å². The summed E-state index contributed by atoms with van der Waals surface area (Å²) in [5.74, 6) is -1.34. The summed E-state index contributed by atoms with van der Waals surface area (Å²) in [5, 5.41) is 11.9. The second-order valence-electron chi connectivity index (χ2n) is 6.30. The summed E-state index contributed by atoms with van der Waals surface area (Å²) < 4.78 is 5.26. The highest BCUT2D eigenvalue weighted by Crippen LogP contribution is 2.25. The molecule has 1 heterocycles. The first kappa shape index (κ1) is 18.1. The zero-order valence-corrected chi connectivity index (χ0v) is 13.8. The van der Waals surface area contributed by atoms with E-state index in [0.717, 1.165) is 5.56 Å². The molecule has 1 aromatic carbocycles. The second-order valence-corrected chi connectivity index (χ2v) is 6.30. The molecule has 0 aliphatic carbocycles. The van der Waals surface area contributed by atoms with Gasteiger partial charge >= 0.3 is 5.97 Å². The number of aryl methyl sites for hydroxylation is 1. The Balaban J connectivity index is 1.89. The third-order valence-corrected chi connectivity index (χ3v) is 4.30. The largest absolute Gasteiger partial charge is 0.481 e. The van der Waals surface area contributed by atoms with Gasteiger partial charge in [-0.15, -0.1) is 0 Å². The highest BCUT2D eigenvalue weighted by molar-refractivity contribution is 5.98. The Kier molecular flexibility index (Phi) is 6.09. The molecular weight excluding hydrogens is 310 g/mol. The van der Waals surface area contributed by atoms with Crippen LogP contribution in [0.1, 0.15) is 48.0 Å². The molecule has 1 amide bonds. The minimum atomic E-state index is -0.951. The molecule has 1 aliphatic rings. The second kappa shape index (κ2) is 8.06. The Labute approximate surface area is 141 Å². The van der Waals surface area contributed by atoms with Gasteiger partial charge in [0.2, 0.25) is 5.91 Å². The van der Waals surface area contributed by atoms with Crippen molar-refractivity contribution < 1.29 is 24.2 Å². The van der Waals surface area contributed by atoms with Crippen molar-refractivity contribution in [3.63, 3.8) is 0 Å². The van der Waals surface area contributed by atoms with Crippen LogP contribution in [0.15, 0.2) is 24.3 Å². The number of hydrogen-bond donors (Lipinski definition) is 2. The third kappa shape index (κ3) is 5.16. The van der Waals surface area contributed by atoms with Crippen LogP contribution >= 0.6 is 0 Å². The first-order chi connectivity index (χ1) is 11.4. The molecule has 0 atom stereocenters. The number of aliphatic carboxylic acids is 1. The third-order valence-electron chi connectivity index (χ3n) is 4.30. The van der Waals surface area contributed by atoms with Crippen LogP contribution in [0.4, 0.5) is 0 Å². The average molecular weight is 333 g/mol. The van der Waals surface area contributed by atoms with E-state index in [0.29, 0.717) is 31.6 Å². The first-order valence-electron chi connectivity index (χ1n) is 8.11. The van der Waals surface area contributed by atoms with Crippen LogP contribution in [-0.4, -0.2) is 41.5 Å². The molecule has 24 heavy (non-hydrogen) atoms. The quantitative estimate of drug-likeness (QED) is 0.746. The molecular formula is C18H23NO5. The SMILES string of the molecule is Cc1ccc(C(=O)CCC(=O)NC2(CC(=O)O)CCOCC2)cc1. The summed E-state index contributed by atoms with van der Waals surface area (Å²) in [6.45, 7) is 2.79. The van der Waals surface area contributed by atoms with Crippen molar-refractivity contribution in [1.29, 1.82) is 0 Å². The van der Waals surface area contributed by atoms with Gasteiger partial charge < -0.3 is 15.2 Å². The maximum atomic E-state index is 12.2. The van der Waals surface area contributed by atoms with E-state index >= 15 is 0 Å². The van der Waals surface area contributed by atoms with Crippen LogP contribution in [0.5, 0.6) is 0 Å². The van der Waals surface area contributed by atoms with Crippen LogP contribution in [0.2, 0.25) is 0 Å². The molecule has 1 aliphatic heterocycles. The number of ether oxygens (including phenoxy) is 1. The molecule has 0 aromatic heterocycles. The fourth-order valence-corrected chi connectivity index (χ4v) is 2.87. The van der Waals surface area contributed by atoms with Gasteiger partial charge in [0.05, 0.1) is 12.0 Å². The van der Waals surface area contributed by atoms with Gasteiger partial charge in [0, 0.05) is 31.6 Å². The summed E-state index contributed by atoms with van der Waals surface area (Å²) >= 11 is 0. The van der Waals surface area contributed by atoms with Gasteiger partial charge in [0.15, 0.2) is 5.78 Å². The fourth-order valence-electron chi connectivity index (χ4n) is 2.87. The highest BCUT2D eigenvalue weighted by atomic mass is 16.5. The summed E-state index contributed by atoms with van der Waals surface area (Å²) in [6.07, 6.45) is 0.964. The Morgan fingerprint density at radius 1 is 1.12 bits per heavy atom. The molecule has 1 fully saturated rings. The number of benzene rings is 1. The highest BCUT2D eigenvalue weighted by Gasteiger charge is 2.36. The first-order valence-corrected chi connectivity index (χ1v) is 8.11. The molecule has 1 saturated heterocycles. The number of carbonyl (C=O) groups is 3. The number of amides is 1. The van der Waals surface area contributed by atoms with E-state index < -0.39 is 11.5 Å². The number of hydrogen-bond acceptors (Lipinski definition) is 4. The molecule has 0 saturated carbocycles. The number of carboxylic acids is 1. The summed E-state index contributed by atoms with van der Waals surface area (Å²) in [7, 11) is 0. The summed E-state index contributed by atoms with van der Waals surface area (Å²) in [5.41, 5.74) is 0.882. The number of rotatable bonds is 7. The topological polar surface area (TPSA) is 92.7 Å². The van der Waals surface area contributed by atoms with E-state index in [1.807, 2.05) is 19.1 Å². The van der Waals surface area contributed by atoms with Crippen molar-refractivity contribution in [1.82, 2.24) is 5.32 Å². The number of Topliss-reactive ketones (excluding diaryl/α,β-unsaturated/α-hetero) is 1. The van der Waals surface area contributed by atoms with Crippen LogP contribution in [-0.2, 0) is 14.3 Å². The molecule has 6 heteroatoms. The maximum absolute atomic E-state index is 12.2. The maximum Gasteiger partial charge on any atom is 0.305 e. The lowest BCUT2D eigenvalue weighted by atomic mass is 9.86. The molecule has 2 N–H and O–H groups in total. The number of carboxylic acid groups (broad SMARTS) is 1. The minimum Gasteiger partial charge on any atom is -0.481 e. The predicted molar refractivity (Wildman–Crippen MR) is 87.9 cm³/mol. The van der Waals surface area contributed by atoms with Gasteiger partial charge in [-0.3, -0.25) is 14.4 Å². The van der Waals surface area contributed by atoms with Crippen molar-refractivity contribution in [3.05, 3.63) is 35.4 Å². The standard InChI is InChI=1S/C18H23NO5/c1-13-2-4-14(5-3-13)15(20)6-7-16(21)19-18(12-17(22)23)8-10-24-11-9-18/h2-5H,6-12H2,1H3,(H,19,21)(H,22,23).